The minimum atomic E-state index is 0.102. The predicted molar refractivity (Wildman–Crippen MR) is 48.2 cm³/mol. The molecule has 2 aliphatic carbocycles. The van der Waals surface area contributed by atoms with E-state index in [2.05, 4.69) is 4.99 Å². The van der Waals surface area contributed by atoms with Crippen LogP contribution in [0.2, 0.25) is 0 Å². The van der Waals surface area contributed by atoms with Crippen molar-refractivity contribution >= 4 is 5.84 Å². The number of nitrogens with two attached hydrogens (primary N) is 1. The molecule has 2 rings (SSSR count). The molecular weight excluding hydrogens is 152 g/mol. The van der Waals surface area contributed by atoms with E-state index >= 15 is 0 Å². The van der Waals surface area contributed by atoms with Crippen LogP contribution in [-0.2, 0) is 4.74 Å². The van der Waals surface area contributed by atoms with Crippen LogP contribution in [0.5, 0.6) is 0 Å². The molecule has 2 N–H and O–H groups in total. The second-order valence-corrected chi connectivity index (χ2v) is 3.78. The summed E-state index contributed by atoms with van der Waals surface area (Å²) in [6, 6.07) is 0.515. The second-order valence-electron chi connectivity index (χ2n) is 3.78. The Morgan fingerprint density at radius 2 is 2.08 bits per heavy atom. The number of hydrogen-bond acceptors (Lipinski definition) is 2. The lowest BCUT2D eigenvalue weighted by atomic mass is 10.2. The Morgan fingerprint density at radius 1 is 1.42 bits per heavy atom. The van der Waals surface area contributed by atoms with Crippen molar-refractivity contribution in [3.8, 4) is 0 Å². The summed E-state index contributed by atoms with van der Waals surface area (Å²) in [5.41, 5.74) is 5.84. The maximum Gasteiger partial charge on any atom is 0.124 e. The highest BCUT2D eigenvalue weighted by atomic mass is 16.5. The van der Waals surface area contributed by atoms with Crippen LogP contribution < -0.4 is 5.73 Å². The molecule has 1 unspecified atom stereocenters. The SMILES string of the molecule is COC(C(N)=NC1CC1)C1CC1. The molecule has 0 saturated heterocycles. The summed E-state index contributed by atoms with van der Waals surface area (Å²) in [5, 5.41) is 0. The largest absolute Gasteiger partial charge is 0.385 e. The van der Waals surface area contributed by atoms with Gasteiger partial charge in [0.25, 0.3) is 0 Å². The number of nitrogens with zero attached hydrogens (tertiary/aromatic N) is 1. The Bertz CT molecular complexity index is 195. The highest BCUT2D eigenvalue weighted by molar-refractivity contribution is 5.85. The highest BCUT2D eigenvalue weighted by Crippen LogP contribution is 2.34. The van der Waals surface area contributed by atoms with Crippen LogP contribution in [0.3, 0.4) is 0 Å². The summed E-state index contributed by atoms with van der Waals surface area (Å²) in [4.78, 5) is 4.39. The number of methoxy groups -OCH3 is 1. The zero-order chi connectivity index (χ0) is 8.55. The molecule has 0 spiro atoms. The third-order valence-electron chi connectivity index (χ3n) is 2.47. The first-order valence-corrected chi connectivity index (χ1v) is 4.67. The van der Waals surface area contributed by atoms with Crippen LogP contribution in [0.15, 0.2) is 4.99 Å². The molecule has 1 atom stereocenters. The Labute approximate surface area is 73.0 Å². The molecule has 3 heteroatoms. The molecule has 0 aromatic rings. The third kappa shape index (κ3) is 1.78. The van der Waals surface area contributed by atoms with Gasteiger partial charge in [-0.15, -0.1) is 0 Å². The lowest BCUT2D eigenvalue weighted by Crippen LogP contribution is -2.32. The van der Waals surface area contributed by atoms with E-state index in [0.29, 0.717) is 12.0 Å². The van der Waals surface area contributed by atoms with Gasteiger partial charge in [0.1, 0.15) is 11.9 Å². The van der Waals surface area contributed by atoms with Gasteiger partial charge in [-0.05, 0) is 31.6 Å². The summed E-state index contributed by atoms with van der Waals surface area (Å²) in [6.07, 6.45) is 5.02. The first-order chi connectivity index (χ1) is 5.81. The van der Waals surface area contributed by atoms with Gasteiger partial charge in [-0.2, -0.15) is 0 Å². The molecule has 2 fully saturated rings. The Kier molecular flexibility index (Phi) is 2.05. The molecule has 0 aromatic carbocycles. The summed E-state index contributed by atoms with van der Waals surface area (Å²) in [7, 11) is 1.72. The molecule has 0 amide bonds. The van der Waals surface area contributed by atoms with Gasteiger partial charge in [-0.3, -0.25) is 4.99 Å². The summed E-state index contributed by atoms with van der Waals surface area (Å²) in [5.74, 6) is 1.38. The molecule has 2 aliphatic rings. The minimum absolute atomic E-state index is 0.102. The molecule has 0 aromatic heterocycles. The molecule has 0 heterocycles. The fourth-order valence-electron chi connectivity index (χ4n) is 1.44. The molecule has 0 radical (unpaired) electrons. The van der Waals surface area contributed by atoms with E-state index in [-0.39, 0.29) is 6.10 Å². The smallest absolute Gasteiger partial charge is 0.124 e. The number of amidine groups is 1. The van der Waals surface area contributed by atoms with E-state index in [1.165, 1.54) is 25.7 Å². The van der Waals surface area contributed by atoms with E-state index in [9.17, 15) is 0 Å². The van der Waals surface area contributed by atoms with E-state index < -0.39 is 0 Å². The maximum atomic E-state index is 5.84. The average molecular weight is 168 g/mol. The van der Waals surface area contributed by atoms with Crippen LogP contribution in [0.1, 0.15) is 25.7 Å². The van der Waals surface area contributed by atoms with Crippen molar-refractivity contribution in [1.29, 1.82) is 0 Å². The number of aliphatic imine (C=N–C) groups is 1. The van der Waals surface area contributed by atoms with Gasteiger partial charge in [-0.1, -0.05) is 0 Å². The van der Waals surface area contributed by atoms with Crippen molar-refractivity contribution < 1.29 is 4.74 Å². The number of hydrogen-bond donors (Lipinski definition) is 1. The molecular formula is C9H16N2O. The van der Waals surface area contributed by atoms with E-state index in [0.717, 1.165) is 5.84 Å². The van der Waals surface area contributed by atoms with Gasteiger partial charge in [0.2, 0.25) is 0 Å². The zero-order valence-electron chi connectivity index (χ0n) is 7.49. The van der Waals surface area contributed by atoms with Crippen LogP contribution in [0.25, 0.3) is 0 Å². The predicted octanol–water partition coefficient (Wildman–Crippen LogP) is 0.931. The molecule has 68 valence electrons. The van der Waals surface area contributed by atoms with Gasteiger partial charge < -0.3 is 10.5 Å². The van der Waals surface area contributed by atoms with Gasteiger partial charge in [0, 0.05) is 7.11 Å². The van der Waals surface area contributed by atoms with Crippen LogP contribution >= 0.6 is 0 Å². The average Bonchev–Trinajstić information content (AvgIpc) is 2.80. The van der Waals surface area contributed by atoms with Crippen molar-refractivity contribution in [1.82, 2.24) is 0 Å². The van der Waals surface area contributed by atoms with Crippen molar-refractivity contribution in [2.24, 2.45) is 16.6 Å². The third-order valence-corrected chi connectivity index (χ3v) is 2.47. The van der Waals surface area contributed by atoms with Gasteiger partial charge >= 0.3 is 0 Å². The van der Waals surface area contributed by atoms with Gasteiger partial charge in [0.15, 0.2) is 0 Å². The number of ether oxygens (including phenoxy) is 1. The summed E-state index contributed by atoms with van der Waals surface area (Å²) >= 11 is 0. The topological polar surface area (TPSA) is 47.6 Å². The Morgan fingerprint density at radius 3 is 2.50 bits per heavy atom. The van der Waals surface area contributed by atoms with Crippen LogP contribution in [-0.4, -0.2) is 25.1 Å². The van der Waals surface area contributed by atoms with Gasteiger partial charge in [0.05, 0.1) is 6.04 Å². The van der Waals surface area contributed by atoms with Crippen molar-refractivity contribution in [2.75, 3.05) is 7.11 Å². The lowest BCUT2D eigenvalue weighted by Gasteiger charge is -2.13. The van der Waals surface area contributed by atoms with E-state index in [1.54, 1.807) is 7.11 Å². The maximum absolute atomic E-state index is 5.84. The molecule has 12 heavy (non-hydrogen) atoms. The second kappa shape index (κ2) is 3.05. The van der Waals surface area contributed by atoms with Gasteiger partial charge in [-0.25, -0.2) is 0 Å². The van der Waals surface area contributed by atoms with E-state index in [4.69, 9.17) is 10.5 Å². The van der Waals surface area contributed by atoms with E-state index in [1.807, 2.05) is 0 Å². The van der Waals surface area contributed by atoms with Crippen molar-refractivity contribution in [3.63, 3.8) is 0 Å². The summed E-state index contributed by atoms with van der Waals surface area (Å²) < 4.78 is 5.31. The molecule has 3 nitrogen and oxygen atoms in total. The first-order valence-electron chi connectivity index (χ1n) is 4.67. The first kappa shape index (κ1) is 8.05. The van der Waals surface area contributed by atoms with Crippen molar-refractivity contribution in [3.05, 3.63) is 0 Å². The quantitative estimate of drug-likeness (QED) is 0.501. The molecule has 0 aliphatic heterocycles. The molecule has 2 saturated carbocycles. The Balaban J connectivity index is 1.93. The normalized spacial score (nSPS) is 27.2. The highest BCUT2D eigenvalue weighted by Gasteiger charge is 2.34. The minimum Gasteiger partial charge on any atom is -0.385 e. The molecule has 0 bridgehead atoms. The van der Waals surface area contributed by atoms with Crippen LogP contribution in [0.4, 0.5) is 0 Å². The monoisotopic (exact) mass is 168 g/mol. The fraction of sp³-hybridized carbons (Fsp3) is 0.889. The lowest BCUT2D eigenvalue weighted by molar-refractivity contribution is 0.137. The standard InChI is InChI=1S/C9H16N2O/c1-12-8(6-2-3-6)9(10)11-7-4-5-7/h6-8H,2-5H2,1H3,(H2,10,11). The zero-order valence-corrected chi connectivity index (χ0v) is 7.49. The van der Waals surface area contributed by atoms with Crippen LogP contribution in [0, 0.1) is 5.92 Å². The number of rotatable bonds is 4. The van der Waals surface area contributed by atoms with Crippen molar-refractivity contribution in [2.45, 2.75) is 37.8 Å². The fourth-order valence-corrected chi connectivity index (χ4v) is 1.44. The Hall–Kier alpha value is -0.570. The summed E-state index contributed by atoms with van der Waals surface area (Å²) in [6.45, 7) is 0.